The molecule has 0 aliphatic carbocycles. The van der Waals surface area contributed by atoms with Gasteiger partial charge in [-0.2, -0.15) is 0 Å². The topological polar surface area (TPSA) is 29.5 Å². The van der Waals surface area contributed by atoms with Gasteiger partial charge in [0.2, 0.25) is 0 Å². The van der Waals surface area contributed by atoms with Gasteiger partial charge in [0, 0.05) is 18.4 Å². The van der Waals surface area contributed by atoms with E-state index in [1.54, 1.807) is 4.90 Å². The van der Waals surface area contributed by atoms with Gasteiger partial charge in [-0.1, -0.05) is 22.9 Å². The van der Waals surface area contributed by atoms with E-state index in [0.29, 0.717) is 11.8 Å². The number of alkyl halides is 1. The van der Waals surface area contributed by atoms with Gasteiger partial charge in [-0.15, -0.1) is 0 Å². The number of carbonyl (C=O) groups excluding carboxylic acids is 1. The van der Waals surface area contributed by atoms with Crippen LogP contribution in [0.25, 0.3) is 0 Å². The van der Waals surface area contributed by atoms with Gasteiger partial charge in [0.15, 0.2) is 0 Å². The second kappa shape index (κ2) is 4.73. The van der Waals surface area contributed by atoms with Crippen molar-refractivity contribution >= 4 is 22.0 Å². The minimum absolute atomic E-state index is 0.180. The van der Waals surface area contributed by atoms with E-state index >= 15 is 0 Å². The molecule has 0 saturated carbocycles. The number of likely N-dealkylation sites (tertiary alicyclic amines) is 1. The van der Waals surface area contributed by atoms with Crippen molar-refractivity contribution in [2.24, 2.45) is 11.8 Å². The number of hydrogen-bond donors (Lipinski definition) is 0. The van der Waals surface area contributed by atoms with Crippen LogP contribution >= 0.6 is 15.9 Å². The SMILES string of the molecule is CC(CBr)C1CN(C(=O)OC(C)(C)C)C1. The molecule has 1 unspecified atom stereocenters. The highest BCUT2D eigenvalue weighted by molar-refractivity contribution is 9.09. The number of ether oxygens (including phenoxy) is 1. The van der Waals surface area contributed by atoms with E-state index in [4.69, 9.17) is 4.74 Å². The van der Waals surface area contributed by atoms with Crippen molar-refractivity contribution in [1.82, 2.24) is 4.90 Å². The van der Waals surface area contributed by atoms with Crippen molar-refractivity contribution in [3.63, 3.8) is 0 Å². The van der Waals surface area contributed by atoms with Gasteiger partial charge >= 0.3 is 6.09 Å². The highest BCUT2D eigenvalue weighted by atomic mass is 79.9. The van der Waals surface area contributed by atoms with E-state index in [9.17, 15) is 4.79 Å². The monoisotopic (exact) mass is 277 g/mol. The summed E-state index contributed by atoms with van der Waals surface area (Å²) in [4.78, 5) is 13.4. The van der Waals surface area contributed by atoms with Gasteiger partial charge in [-0.25, -0.2) is 4.79 Å². The predicted octanol–water partition coefficient (Wildman–Crippen LogP) is 2.88. The van der Waals surface area contributed by atoms with Crippen LogP contribution in [0, 0.1) is 11.8 Å². The van der Waals surface area contributed by atoms with E-state index in [0.717, 1.165) is 18.4 Å². The Balaban J connectivity index is 2.30. The van der Waals surface area contributed by atoms with Gasteiger partial charge < -0.3 is 9.64 Å². The molecule has 0 aromatic rings. The standard InChI is InChI=1S/C11H20BrNO2/c1-8(5-12)9-6-13(7-9)10(14)15-11(2,3)4/h8-9H,5-7H2,1-4H3. The van der Waals surface area contributed by atoms with Gasteiger partial charge in [0.25, 0.3) is 0 Å². The van der Waals surface area contributed by atoms with Crippen molar-refractivity contribution < 1.29 is 9.53 Å². The molecule has 1 heterocycles. The summed E-state index contributed by atoms with van der Waals surface area (Å²) in [5.74, 6) is 1.25. The van der Waals surface area contributed by atoms with Crippen molar-refractivity contribution in [3.05, 3.63) is 0 Å². The molecular weight excluding hydrogens is 258 g/mol. The van der Waals surface area contributed by atoms with Gasteiger partial charge in [0.1, 0.15) is 5.60 Å². The first-order valence-electron chi connectivity index (χ1n) is 5.37. The zero-order valence-electron chi connectivity index (χ0n) is 9.92. The molecule has 4 heteroatoms. The molecule has 1 rings (SSSR count). The van der Waals surface area contributed by atoms with Crippen LogP contribution < -0.4 is 0 Å². The summed E-state index contributed by atoms with van der Waals surface area (Å²) in [6, 6.07) is 0. The Morgan fingerprint density at radius 1 is 1.53 bits per heavy atom. The average molecular weight is 278 g/mol. The molecule has 0 aromatic heterocycles. The predicted molar refractivity (Wildman–Crippen MR) is 64.3 cm³/mol. The fourth-order valence-electron chi connectivity index (χ4n) is 1.47. The third-order valence-electron chi connectivity index (χ3n) is 2.61. The molecule has 1 saturated heterocycles. The van der Waals surface area contributed by atoms with Crippen LogP contribution in [0.15, 0.2) is 0 Å². The fraction of sp³-hybridized carbons (Fsp3) is 0.909. The lowest BCUT2D eigenvalue weighted by Crippen LogP contribution is -2.53. The van der Waals surface area contributed by atoms with Crippen molar-refractivity contribution in [2.75, 3.05) is 18.4 Å². The first-order valence-corrected chi connectivity index (χ1v) is 6.49. The lowest BCUT2D eigenvalue weighted by atomic mass is 9.89. The second-order valence-corrected chi connectivity index (χ2v) is 5.92. The van der Waals surface area contributed by atoms with Crippen LogP contribution in [0.1, 0.15) is 27.7 Å². The van der Waals surface area contributed by atoms with Crippen LogP contribution in [-0.2, 0) is 4.74 Å². The molecule has 1 aliphatic rings. The quantitative estimate of drug-likeness (QED) is 0.727. The molecule has 0 bridgehead atoms. The fourth-order valence-corrected chi connectivity index (χ4v) is 2.00. The third-order valence-corrected chi connectivity index (χ3v) is 3.63. The number of amides is 1. The Bertz CT molecular complexity index is 231. The number of nitrogens with zero attached hydrogens (tertiary/aromatic N) is 1. The Kier molecular flexibility index (Phi) is 4.04. The molecule has 0 aromatic carbocycles. The summed E-state index contributed by atoms with van der Waals surface area (Å²) in [6.45, 7) is 9.55. The molecule has 15 heavy (non-hydrogen) atoms. The van der Waals surface area contributed by atoms with E-state index in [2.05, 4.69) is 22.9 Å². The molecule has 0 N–H and O–H groups in total. The first kappa shape index (κ1) is 12.8. The van der Waals surface area contributed by atoms with E-state index in [1.165, 1.54) is 0 Å². The largest absolute Gasteiger partial charge is 0.444 e. The number of carbonyl (C=O) groups is 1. The molecule has 3 nitrogen and oxygen atoms in total. The Labute approximate surface area is 100 Å². The smallest absolute Gasteiger partial charge is 0.410 e. The van der Waals surface area contributed by atoms with Crippen LogP contribution in [-0.4, -0.2) is 35.0 Å². The highest BCUT2D eigenvalue weighted by Gasteiger charge is 2.35. The maximum absolute atomic E-state index is 11.6. The number of rotatable bonds is 2. The van der Waals surface area contributed by atoms with E-state index in [1.807, 2.05) is 20.8 Å². The van der Waals surface area contributed by atoms with Crippen molar-refractivity contribution in [1.29, 1.82) is 0 Å². The van der Waals surface area contributed by atoms with Crippen LogP contribution in [0.3, 0.4) is 0 Å². The highest BCUT2D eigenvalue weighted by Crippen LogP contribution is 2.26. The van der Waals surface area contributed by atoms with Crippen molar-refractivity contribution in [2.45, 2.75) is 33.3 Å². The molecule has 1 fully saturated rings. The molecule has 1 amide bonds. The third kappa shape index (κ3) is 3.67. The maximum atomic E-state index is 11.6. The minimum Gasteiger partial charge on any atom is -0.444 e. The van der Waals surface area contributed by atoms with E-state index in [-0.39, 0.29) is 11.7 Å². The Morgan fingerprint density at radius 2 is 2.07 bits per heavy atom. The Hall–Kier alpha value is -0.250. The van der Waals surface area contributed by atoms with Crippen LogP contribution in [0.2, 0.25) is 0 Å². The normalized spacial score (nSPS) is 19.7. The van der Waals surface area contributed by atoms with Gasteiger partial charge in [-0.05, 0) is 32.6 Å². The second-order valence-electron chi connectivity index (χ2n) is 5.28. The summed E-state index contributed by atoms with van der Waals surface area (Å²) < 4.78 is 5.28. The molecular formula is C11H20BrNO2. The van der Waals surface area contributed by atoms with Gasteiger partial charge in [0.05, 0.1) is 0 Å². The van der Waals surface area contributed by atoms with Crippen LogP contribution in [0.5, 0.6) is 0 Å². The lowest BCUT2D eigenvalue weighted by molar-refractivity contribution is -0.00752. The summed E-state index contributed by atoms with van der Waals surface area (Å²) in [6.07, 6.45) is -0.180. The lowest BCUT2D eigenvalue weighted by Gasteiger charge is -2.42. The van der Waals surface area contributed by atoms with Crippen molar-refractivity contribution in [3.8, 4) is 0 Å². The maximum Gasteiger partial charge on any atom is 0.410 e. The molecule has 0 radical (unpaired) electrons. The summed E-state index contributed by atoms with van der Waals surface area (Å²) in [5, 5.41) is 1.000. The summed E-state index contributed by atoms with van der Waals surface area (Å²) in [7, 11) is 0. The zero-order valence-corrected chi connectivity index (χ0v) is 11.5. The molecule has 1 aliphatic heterocycles. The number of halogens is 1. The van der Waals surface area contributed by atoms with Gasteiger partial charge in [-0.3, -0.25) is 0 Å². The number of hydrogen-bond acceptors (Lipinski definition) is 2. The molecule has 88 valence electrons. The Morgan fingerprint density at radius 3 is 2.47 bits per heavy atom. The summed E-state index contributed by atoms with van der Waals surface area (Å²) in [5.41, 5.74) is -0.386. The average Bonchev–Trinajstić information content (AvgIpc) is 1.97. The summed E-state index contributed by atoms with van der Waals surface area (Å²) >= 11 is 3.46. The minimum atomic E-state index is -0.386. The van der Waals surface area contributed by atoms with Crippen LogP contribution in [0.4, 0.5) is 4.79 Å². The van der Waals surface area contributed by atoms with E-state index < -0.39 is 0 Å². The molecule has 0 spiro atoms. The molecule has 1 atom stereocenters. The first-order chi connectivity index (χ1) is 6.83. The zero-order chi connectivity index (χ0) is 11.6.